The first kappa shape index (κ1) is 12.4. The van der Waals surface area contributed by atoms with Crippen molar-refractivity contribution in [2.24, 2.45) is 4.99 Å². The molecule has 98 valence electrons. The van der Waals surface area contributed by atoms with E-state index in [0.29, 0.717) is 0 Å². The Balaban J connectivity index is 1.61. The van der Waals surface area contributed by atoms with E-state index in [0.717, 1.165) is 48.5 Å². The number of ether oxygens (including phenoxy) is 1. The van der Waals surface area contributed by atoms with Gasteiger partial charge in [0.1, 0.15) is 0 Å². The average molecular weight is 283 g/mol. The molecule has 2 saturated heterocycles. The highest BCUT2D eigenvalue weighted by Crippen LogP contribution is 2.32. The third kappa shape index (κ3) is 2.70. The van der Waals surface area contributed by atoms with Crippen molar-refractivity contribution in [3.05, 3.63) is 16.1 Å². The van der Waals surface area contributed by atoms with Crippen LogP contribution in [0.3, 0.4) is 0 Å². The van der Waals surface area contributed by atoms with Crippen LogP contribution in [0.4, 0.5) is 0 Å². The molecule has 2 aliphatic heterocycles. The normalized spacial score (nSPS) is 24.6. The molecule has 3 rings (SSSR count). The van der Waals surface area contributed by atoms with Crippen molar-refractivity contribution in [2.45, 2.75) is 31.8 Å². The van der Waals surface area contributed by atoms with Gasteiger partial charge < -0.3 is 10.1 Å². The third-order valence-electron chi connectivity index (χ3n) is 3.35. The summed E-state index contributed by atoms with van der Waals surface area (Å²) in [5, 5.41) is 5.80. The van der Waals surface area contributed by atoms with Crippen LogP contribution in [0.5, 0.6) is 0 Å². The number of hydrogen-bond acceptors (Lipinski definition) is 5. The van der Waals surface area contributed by atoms with Crippen LogP contribution in [-0.4, -0.2) is 34.7 Å². The average Bonchev–Trinajstić information content (AvgIpc) is 2.96. The minimum absolute atomic E-state index is 0.241. The fourth-order valence-corrected chi connectivity index (χ4v) is 4.19. The molecular formula is C12H17N3OS2. The molecule has 1 aromatic rings. The zero-order valence-corrected chi connectivity index (χ0v) is 12.1. The number of nitrogens with zero attached hydrogens (tertiary/aromatic N) is 2. The van der Waals surface area contributed by atoms with E-state index in [-0.39, 0.29) is 5.54 Å². The van der Waals surface area contributed by atoms with E-state index in [9.17, 15) is 0 Å². The summed E-state index contributed by atoms with van der Waals surface area (Å²) >= 11 is 3.56. The van der Waals surface area contributed by atoms with Crippen LogP contribution >= 0.6 is 23.1 Å². The van der Waals surface area contributed by atoms with E-state index in [4.69, 9.17) is 4.74 Å². The molecule has 0 amide bonds. The van der Waals surface area contributed by atoms with Crippen molar-refractivity contribution in [1.29, 1.82) is 0 Å². The Hall–Kier alpha value is -0.590. The molecule has 1 spiro atoms. The van der Waals surface area contributed by atoms with Crippen molar-refractivity contribution in [1.82, 2.24) is 10.3 Å². The lowest BCUT2D eigenvalue weighted by molar-refractivity contribution is 0.0555. The molecule has 0 unspecified atom stereocenters. The van der Waals surface area contributed by atoms with Crippen molar-refractivity contribution < 1.29 is 4.74 Å². The maximum atomic E-state index is 5.43. The lowest BCUT2D eigenvalue weighted by atomic mass is 9.93. The third-order valence-corrected chi connectivity index (χ3v) is 5.45. The summed E-state index contributed by atoms with van der Waals surface area (Å²) in [5.41, 5.74) is 0.241. The highest BCUT2D eigenvalue weighted by Gasteiger charge is 2.38. The molecule has 2 aliphatic rings. The van der Waals surface area contributed by atoms with E-state index >= 15 is 0 Å². The summed E-state index contributed by atoms with van der Waals surface area (Å²) in [7, 11) is 0. The number of amidine groups is 1. The van der Waals surface area contributed by atoms with Gasteiger partial charge in [0.15, 0.2) is 5.17 Å². The Morgan fingerprint density at radius 3 is 3.06 bits per heavy atom. The first-order chi connectivity index (χ1) is 8.76. The molecular weight excluding hydrogens is 266 g/mol. The summed E-state index contributed by atoms with van der Waals surface area (Å²) in [6, 6.07) is 0. The van der Waals surface area contributed by atoms with Gasteiger partial charge >= 0.3 is 0 Å². The van der Waals surface area contributed by atoms with Crippen LogP contribution in [0, 0.1) is 6.92 Å². The van der Waals surface area contributed by atoms with Gasteiger partial charge in [0.25, 0.3) is 0 Å². The number of aliphatic imine (C=N–C) groups is 1. The van der Waals surface area contributed by atoms with Gasteiger partial charge in [-0.2, -0.15) is 0 Å². The number of thiazole rings is 1. The maximum Gasteiger partial charge on any atom is 0.157 e. The zero-order chi connectivity index (χ0) is 12.4. The van der Waals surface area contributed by atoms with Crippen molar-refractivity contribution in [2.75, 3.05) is 19.0 Å². The monoisotopic (exact) mass is 283 g/mol. The molecule has 0 atom stereocenters. The lowest BCUT2D eigenvalue weighted by Gasteiger charge is -2.32. The van der Waals surface area contributed by atoms with E-state index in [2.05, 4.69) is 15.3 Å². The van der Waals surface area contributed by atoms with Gasteiger partial charge in [0.2, 0.25) is 0 Å². The Morgan fingerprint density at radius 2 is 2.33 bits per heavy atom. The molecule has 0 saturated carbocycles. The van der Waals surface area contributed by atoms with Crippen LogP contribution in [0.15, 0.2) is 11.2 Å². The van der Waals surface area contributed by atoms with Crippen LogP contribution < -0.4 is 5.32 Å². The Labute approximate surface area is 115 Å². The Bertz CT molecular complexity index is 452. The second-order valence-corrected chi connectivity index (χ2v) is 7.06. The molecule has 0 aliphatic carbocycles. The van der Waals surface area contributed by atoms with Crippen LogP contribution in [-0.2, 0) is 11.3 Å². The van der Waals surface area contributed by atoms with Gasteiger partial charge in [-0.25, -0.2) is 4.98 Å². The minimum Gasteiger partial charge on any atom is -0.381 e. The van der Waals surface area contributed by atoms with E-state index in [1.165, 1.54) is 4.88 Å². The molecule has 2 fully saturated rings. The van der Waals surface area contributed by atoms with Gasteiger partial charge in [0, 0.05) is 30.0 Å². The number of hydrogen-bond donors (Lipinski definition) is 1. The van der Waals surface area contributed by atoms with Crippen molar-refractivity contribution >= 4 is 28.3 Å². The molecule has 3 heterocycles. The quantitative estimate of drug-likeness (QED) is 0.904. The summed E-state index contributed by atoms with van der Waals surface area (Å²) in [6.07, 6.45) is 4.12. The fraction of sp³-hybridized carbons (Fsp3) is 0.667. The minimum atomic E-state index is 0.241. The second kappa shape index (κ2) is 5.19. The summed E-state index contributed by atoms with van der Waals surface area (Å²) in [5.74, 6) is 1.12. The smallest absolute Gasteiger partial charge is 0.157 e. The first-order valence-corrected chi connectivity index (χ1v) is 8.01. The molecule has 0 bridgehead atoms. The number of aryl methyl sites for hydroxylation is 1. The van der Waals surface area contributed by atoms with Crippen LogP contribution in [0.2, 0.25) is 0 Å². The van der Waals surface area contributed by atoms with E-state index in [1.54, 1.807) is 11.3 Å². The fourth-order valence-electron chi connectivity index (χ4n) is 2.25. The zero-order valence-electron chi connectivity index (χ0n) is 10.4. The standard InChI is InChI=1S/C12H17N3OS2/c1-9-13-6-10(18-9)7-14-11-15-12(8-17-11)2-4-16-5-3-12/h6H,2-5,7-8H2,1H3,(H,14,15). The topological polar surface area (TPSA) is 46.5 Å². The molecule has 0 radical (unpaired) electrons. The highest BCUT2D eigenvalue weighted by atomic mass is 32.2. The Kier molecular flexibility index (Phi) is 3.59. The maximum absolute atomic E-state index is 5.43. The molecule has 0 aromatic carbocycles. The van der Waals surface area contributed by atoms with Gasteiger partial charge in [0.05, 0.1) is 17.1 Å². The van der Waals surface area contributed by atoms with Crippen LogP contribution in [0.1, 0.15) is 22.7 Å². The predicted octanol–water partition coefficient (Wildman–Crippen LogP) is 2.19. The molecule has 1 aromatic heterocycles. The molecule has 6 heteroatoms. The highest BCUT2D eigenvalue weighted by molar-refractivity contribution is 8.14. The molecule has 4 nitrogen and oxygen atoms in total. The van der Waals surface area contributed by atoms with Gasteiger partial charge in [-0.05, 0) is 19.8 Å². The van der Waals surface area contributed by atoms with Crippen LogP contribution in [0.25, 0.3) is 0 Å². The van der Waals surface area contributed by atoms with Crippen molar-refractivity contribution in [3.8, 4) is 0 Å². The second-order valence-electron chi connectivity index (χ2n) is 4.77. The molecule has 18 heavy (non-hydrogen) atoms. The summed E-state index contributed by atoms with van der Waals surface area (Å²) in [4.78, 5) is 10.1. The first-order valence-electron chi connectivity index (χ1n) is 6.20. The van der Waals surface area contributed by atoms with Gasteiger partial charge in [-0.3, -0.25) is 4.99 Å². The summed E-state index contributed by atoms with van der Waals surface area (Å²) < 4.78 is 5.43. The SMILES string of the molecule is Cc1ncc(CN=C2NC3(CCOCC3)CS2)s1. The number of rotatable bonds is 2. The number of aromatic nitrogens is 1. The lowest BCUT2D eigenvalue weighted by Crippen LogP contribution is -2.48. The molecule has 1 N–H and O–H groups in total. The summed E-state index contributed by atoms with van der Waals surface area (Å²) in [6.45, 7) is 4.51. The van der Waals surface area contributed by atoms with E-state index in [1.807, 2.05) is 24.9 Å². The van der Waals surface area contributed by atoms with E-state index < -0.39 is 0 Å². The Morgan fingerprint density at radius 1 is 1.50 bits per heavy atom. The van der Waals surface area contributed by atoms with Gasteiger partial charge in [-0.1, -0.05) is 11.8 Å². The van der Waals surface area contributed by atoms with Gasteiger partial charge in [-0.15, -0.1) is 11.3 Å². The number of nitrogens with one attached hydrogen (secondary N) is 1. The predicted molar refractivity (Wildman–Crippen MR) is 76.4 cm³/mol. The number of thioether (sulfide) groups is 1. The largest absolute Gasteiger partial charge is 0.381 e. The van der Waals surface area contributed by atoms with Crippen molar-refractivity contribution in [3.63, 3.8) is 0 Å².